The first-order valence-electron chi connectivity index (χ1n) is 10.5. The molecule has 184 valence electrons. The van der Waals surface area contributed by atoms with Gasteiger partial charge in [-0.05, 0) is 40.5 Å². The number of hydrogen-bond acceptors (Lipinski definition) is 7. The summed E-state index contributed by atoms with van der Waals surface area (Å²) in [4.78, 5) is 46.9. The lowest BCUT2D eigenvalue weighted by molar-refractivity contribution is -0.143. The van der Waals surface area contributed by atoms with Crippen LogP contribution < -0.4 is 10.6 Å². The molecular formula is C20H36BIN2O6S2. The zero-order valence-electron chi connectivity index (χ0n) is 19.8. The fourth-order valence-corrected chi connectivity index (χ4v) is 6.06. The summed E-state index contributed by atoms with van der Waals surface area (Å²) >= 11 is 2.04. The average Bonchev–Trinajstić information content (AvgIpc) is 2.70. The number of carbonyl (C=O) groups is 4. The van der Waals surface area contributed by atoms with Gasteiger partial charge in [0, 0.05) is 33.9 Å². The van der Waals surface area contributed by atoms with Crippen LogP contribution in [0.5, 0.6) is 0 Å². The number of carboxylic acid groups (broad SMARTS) is 1. The minimum Gasteiger partial charge on any atom is -0.543 e. The summed E-state index contributed by atoms with van der Waals surface area (Å²) in [5.74, 6) is -1.41. The van der Waals surface area contributed by atoms with Gasteiger partial charge >= 0.3 is 14.0 Å². The van der Waals surface area contributed by atoms with Crippen molar-refractivity contribution in [3.63, 3.8) is 0 Å². The molecule has 0 fully saturated rings. The number of hydrogen-bond donors (Lipinski definition) is 3. The first-order chi connectivity index (χ1) is 14.7. The fraction of sp³-hybridized carbons (Fsp3) is 0.800. The number of carbonyl (C=O) groups excluding carboxylic acids is 3. The van der Waals surface area contributed by atoms with E-state index in [-0.39, 0.29) is 39.4 Å². The van der Waals surface area contributed by atoms with E-state index in [4.69, 9.17) is 9.76 Å². The highest BCUT2D eigenvalue weighted by atomic mass is 127. The number of rotatable bonds is 16. The van der Waals surface area contributed by atoms with Crippen molar-refractivity contribution in [2.24, 2.45) is 11.3 Å². The third-order valence-corrected chi connectivity index (χ3v) is 9.04. The molecule has 2 unspecified atom stereocenters. The van der Waals surface area contributed by atoms with Crippen LogP contribution in [-0.4, -0.2) is 64.4 Å². The van der Waals surface area contributed by atoms with Gasteiger partial charge in [-0.15, -0.1) is 0 Å². The Labute approximate surface area is 213 Å². The summed E-state index contributed by atoms with van der Waals surface area (Å²) in [7, 11) is 4.79. The van der Waals surface area contributed by atoms with Crippen LogP contribution in [0.2, 0.25) is 0 Å². The first-order valence-corrected chi connectivity index (χ1v) is 14.1. The van der Waals surface area contributed by atoms with Gasteiger partial charge in [-0.1, -0.05) is 51.1 Å². The Kier molecular flexibility index (Phi) is 15.0. The zero-order valence-corrected chi connectivity index (χ0v) is 23.6. The lowest BCUT2D eigenvalue weighted by atomic mass is 9.90. The molecule has 2 atom stereocenters. The van der Waals surface area contributed by atoms with Crippen LogP contribution in [0.15, 0.2) is 0 Å². The van der Waals surface area contributed by atoms with E-state index in [2.05, 4.69) is 24.5 Å². The molecule has 8 nitrogen and oxygen atoms in total. The Morgan fingerprint density at radius 3 is 2.22 bits per heavy atom. The van der Waals surface area contributed by atoms with Gasteiger partial charge in [0.05, 0.1) is 17.8 Å². The van der Waals surface area contributed by atoms with Crippen molar-refractivity contribution in [2.75, 3.05) is 18.8 Å². The molecule has 0 aliphatic heterocycles. The van der Waals surface area contributed by atoms with Gasteiger partial charge in [0.25, 0.3) is 5.97 Å². The lowest BCUT2D eigenvalue weighted by Crippen LogP contribution is -2.40. The van der Waals surface area contributed by atoms with Gasteiger partial charge in [0.2, 0.25) is 11.8 Å². The maximum Gasteiger partial charge on any atom is 0.325 e. The Balaban J connectivity index is 4.15. The van der Waals surface area contributed by atoms with Crippen LogP contribution in [0.25, 0.3) is 0 Å². The summed E-state index contributed by atoms with van der Waals surface area (Å²) in [6.07, 6.45) is 1.56. The van der Waals surface area contributed by atoms with Gasteiger partial charge in [-0.25, -0.2) is 0 Å². The van der Waals surface area contributed by atoms with Crippen LogP contribution in [0.1, 0.15) is 60.3 Å². The lowest BCUT2D eigenvalue weighted by Gasteiger charge is -2.25. The van der Waals surface area contributed by atoms with Crippen molar-refractivity contribution in [2.45, 2.75) is 69.0 Å². The highest BCUT2D eigenvalue weighted by molar-refractivity contribution is 14.1. The topological polar surface area (TPSA) is 122 Å². The second-order valence-electron chi connectivity index (χ2n) is 8.81. The van der Waals surface area contributed by atoms with E-state index < -0.39 is 17.3 Å². The first kappa shape index (κ1) is 31.4. The van der Waals surface area contributed by atoms with Crippen LogP contribution in [-0.2, 0) is 23.8 Å². The molecule has 3 N–H and O–H groups in total. The summed E-state index contributed by atoms with van der Waals surface area (Å²) in [5, 5.41) is 14.4. The van der Waals surface area contributed by atoms with Crippen LogP contribution in [0, 0.1) is 11.3 Å². The maximum atomic E-state index is 12.1. The third-order valence-electron chi connectivity index (χ3n) is 4.82. The molecule has 0 aliphatic carbocycles. The van der Waals surface area contributed by atoms with E-state index in [0.717, 1.165) is 5.75 Å². The van der Waals surface area contributed by atoms with Gasteiger partial charge in [0.15, 0.2) is 0 Å². The molecule has 2 amide bonds. The van der Waals surface area contributed by atoms with E-state index in [1.54, 1.807) is 28.5 Å². The number of carboxylic acids is 1. The highest BCUT2D eigenvalue weighted by Crippen LogP contribution is 2.40. The summed E-state index contributed by atoms with van der Waals surface area (Å²) < 4.78 is 4.61. The van der Waals surface area contributed by atoms with Crippen molar-refractivity contribution >= 4 is 76.0 Å². The second kappa shape index (κ2) is 15.3. The molecule has 12 heteroatoms. The normalized spacial score (nSPS) is 13.7. The predicted octanol–water partition coefficient (Wildman–Crippen LogP) is 2.58. The molecule has 0 radical (unpaired) electrons. The molecule has 0 saturated carbocycles. The number of halogens is 1. The molecule has 0 aromatic rings. The third kappa shape index (κ3) is 13.8. The SMILES string of the molecule is BOC(=O)C(C)(C)CCSSC(C)(C)CCC(=O)NCCNC(=O)C(CC(=O)O)C(C)I. The van der Waals surface area contributed by atoms with E-state index in [9.17, 15) is 19.2 Å². The quantitative estimate of drug-likeness (QED) is 0.0811. The molecule has 0 saturated heterocycles. The molecule has 0 bridgehead atoms. The maximum absolute atomic E-state index is 12.1. The zero-order chi connectivity index (χ0) is 24.9. The minimum absolute atomic E-state index is 0.0888. The van der Waals surface area contributed by atoms with Gasteiger partial charge < -0.3 is 20.4 Å². The standard InChI is InChI=1S/C20H36BIN2O6S2/c1-13(22)14(12-16(26)27)17(28)24-10-9-23-15(25)6-7-20(4,5)32-31-11-8-19(2,3)18(29)30-21/h13-14H,6-12,21H2,1-5H3,(H,23,25)(H,24,28)(H,26,27). The van der Waals surface area contributed by atoms with Crippen molar-refractivity contribution in [3.05, 3.63) is 0 Å². The van der Waals surface area contributed by atoms with E-state index >= 15 is 0 Å². The largest absolute Gasteiger partial charge is 0.543 e. The van der Waals surface area contributed by atoms with Crippen LogP contribution in [0.4, 0.5) is 0 Å². The molecule has 0 rings (SSSR count). The Bertz CT molecular complexity index is 650. The molecule has 0 aromatic carbocycles. The van der Waals surface area contributed by atoms with Gasteiger partial charge in [-0.2, -0.15) is 0 Å². The van der Waals surface area contributed by atoms with Crippen molar-refractivity contribution in [3.8, 4) is 0 Å². The molecule has 0 aromatic heterocycles. The van der Waals surface area contributed by atoms with E-state index in [1.165, 1.54) is 8.05 Å². The molecule has 32 heavy (non-hydrogen) atoms. The van der Waals surface area contributed by atoms with Crippen molar-refractivity contribution < 1.29 is 28.9 Å². The monoisotopic (exact) mass is 602 g/mol. The number of alkyl halides is 1. The Hall–Kier alpha value is -0.625. The smallest absolute Gasteiger partial charge is 0.325 e. The predicted molar refractivity (Wildman–Crippen MR) is 142 cm³/mol. The van der Waals surface area contributed by atoms with E-state index in [0.29, 0.717) is 25.8 Å². The van der Waals surface area contributed by atoms with Crippen molar-refractivity contribution in [1.29, 1.82) is 0 Å². The molecular weight excluding hydrogens is 566 g/mol. The van der Waals surface area contributed by atoms with Crippen molar-refractivity contribution in [1.82, 2.24) is 10.6 Å². The number of aliphatic carboxylic acids is 1. The summed E-state index contributed by atoms with van der Waals surface area (Å²) in [6, 6.07) is 0. The second-order valence-corrected chi connectivity index (χ2v) is 13.9. The van der Waals surface area contributed by atoms with Crippen LogP contribution >= 0.6 is 44.2 Å². The average molecular weight is 602 g/mol. The number of amides is 2. The van der Waals surface area contributed by atoms with Gasteiger partial charge in [-0.3, -0.25) is 19.2 Å². The minimum atomic E-state index is -1.01. The summed E-state index contributed by atoms with van der Waals surface area (Å²) in [5.41, 5.74) is -0.510. The number of nitrogens with one attached hydrogen (secondary N) is 2. The Morgan fingerprint density at radius 1 is 1.09 bits per heavy atom. The molecule has 0 heterocycles. The molecule has 0 aliphatic rings. The molecule has 0 spiro atoms. The van der Waals surface area contributed by atoms with Crippen LogP contribution in [0.3, 0.4) is 0 Å². The Morgan fingerprint density at radius 2 is 1.69 bits per heavy atom. The fourth-order valence-electron chi connectivity index (χ4n) is 2.59. The van der Waals surface area contributed by atoms with Gasteiger partial charge in [0.1, 0.15) is 0 Å². The summed E-state index contributed by atoms with van der Waals surface area (Å²) in [6.45, 7) is 10.3. The van der Waals surface area contributed by atoms with E-state index in [1.807, 2.05) is 36.4 Å². The highest BCUT2D eigenvalue weighted by Gasteiger charge is 2.28.